The zero-order chi connectivity index (χ0) is 15.3. The first-order valence-electron chi connectivity index (χ1n) is 7.32. The number of ether oxygens (including phenoxy) is 2. The standard InChI is InChI=1S/C16H23ClFNO2/c1-12-16(5-7-21-12,11-19-6-8-20-2)10-13-9-14(18)3-4-15(13)17/h3-4,9,12,19H,5-8,10-11H2,1-2H3. The summed E-state index contributed by atoms with van der Waals surface area (Å²) >= 11 is 6.22. The molecule has 5 heteroatoms. The predicted octanol–water partition coefficient (Wildman–Crippen LogP) is 3.05. The number of benzene rings is 1. The minimum Gasteiger partial charge on any atom is -0.383 e. The SMILES string of the molecule is COCCNCC1(Cc2cc(F)ccc2Cl)CCOC1C. The van der Waals surface area contributed by atoms with Gasteiger partial charge in [0.2, 0.25) is 0 Å². The van der Waals surface area contributed by atoms with Crippen molar-refractivity contribution in [2.75, 3.05) is 33.4 Å². The Morgan fingerprint density at radius 3 is 3.00 bits per heavy atom. The number of halogens is 2. The van der Waals surface area contributed by atoms with Crippen molar-refractivity contribution in [2.45, 2.75) is 25.9 Å². The third-order valence-electron chi connectivity index (χ3n) is 4.34. The summed E-state index contributed by atoms with van der Waals surface area (Å²) in [6, 6.07) is 4.55. The molecule has 1 aromatic carbocycles. The molecule has 0 aliphatic carbocycles. The second-order valence-corrected chi connectivity index (χ2v) is 6.11. The maximum absolute atomic E-state index is 13.5. The van der Waals surface area contributed by atoms with E-state index in [1.54, 1.807) is 13.2 Å². The maximum Gasteiger partial charge on any atom is 0.123 e. The number of nitrogens with one attached hydrogen (secondary N) is 1. The highest BCUT2D eigenvalue weighted by atomic mass is 35.5. The Hall–Kier alpha value is -0.680. The van der Waals surface area contributed by atoms with Crippen LogP contribution in [0.25, 0.3) is 0 Å². The molecule has 21 heavy (non-hydrogen) atoms. The van der Waals surface area contributed by atoms with E-state index < -0.39 is 0 Å². The molecule has 0 bridgehead atoms. The molecule has 1 fully saturated rings. The third-order valence-corrected chi connectivity index (χ3v) is 4.71. The summed E-state index contributed by atoms with van der Waals surface area (Å²) in [5.41, 5.74) is 0.799. The Bertz CT molecular complexity index is 472. The van der Waals surface area contributed by atoms with E-state index in [9.17, 15) is 4.39 Å². The molecule has 0 amide bonds. The molecular formula is C16H23ClFNO2. The molecule has 1 heterocycles. The quantitative estimate of drug-likeness (QED) is 0.785. The van der Waals surface area contributed by atoms with Gasteiger partial charge in [-0.15, -0.1) is 0 Å². The second kappa shape index (κ2) is 7.54. The van der Waals surface area contributed by atoms with E-state index in [-0.39, 0.29) is 17.3 Å². The van der Waals surface area contributed by atoms with E-state index in [1.165, 1.54) is 12.1 Å². The first-order chi connectivity index (χ1) is 10.1. The van der Waals surface area contributed by atoms with Gasteiger partial charge >= 0.3 is 0 Å². The smallest absolute Gasteiger partial charge is 0.123 e. The second-order valence-electron chi connectivity index (χ2n) is 5.71. The van der Waals surface area contributed by atoms with Crippen molar-refractivity contribution in [1.29, 1.82) is 0 Å². The minimum atomic E-state index is -0.247. The molecule has 0 radical (unpaired) electrons. The van der Waals surface area contributed by atoms with Crippen LogP contribution in [0.5, 0.6) is 0 Å². The maximum atomic E-state index is 13.5. The molecule has 0 saturated carbocycles. The molecule has 1 aromatic rings. The summed E-state index contributed by atoms with van der Waals surface area (Å²) in [6.07, 6.45) is 1.78. The van der Waals surface area contributed by atoms with Gasteiger partial charge in [-0.1, -0.05) is 11.6 Å². The fourth-order valence-corrected chi connectivity index (χ4v) is 3.10. The highest BCUT2D eigenvalue weighted by Crippen LogP contribution is 2.39. The average Bonchev–Trinajstić information content (AvgIpc) is 2.81. The van der Waals surface area contributed by atoms with Crippen LogP contribution >= 0.6 is 11.6 Å². The molecule has 2 atom stereocenters. The van der Waals surface area contributed by atoms with Gasteiger partial charge in [-0.2, -0.15) is 0 Å². The first kappa shape index (κ1) is 16.7. The Morgan fingerprint density at radius 2 is 2.33 bits per heavy atom. The lowest BCUT2D eigenvalue weighted by Gasteiger charge is -2.33. The Morgan fingerprint density at radius 1 is 1.52 bits per heavy atom. The predicted molar refractivity (Wildman–Crippen MR) is 82.3 cm³/mol. The van der Waals surface area contributed by atoms with Crippen molar-refractivity contribution in [2.24, 2.45) is 5.41 Å². The molecule has 2 rings (SSSR count). The van der Waals surface area contributed by atoms with Crippen LogP contribution in [0.4, 0.5) is 4.39 Å². The van der Waals surface area contributed by atoms with E-state index >= 15 is 0 Å². The molecule has 1 aliphatic heterocycles. The van der Waals surface area contributed by atoms with Crippen LogP contribution in [0.3, 0.4) is 0 Å². The topological polar surface area (TPSA) is 30.5 Å². The van der Waals surface area contributed by atoms with Crippen LogP contribution in [0.1, 0.15) is 18.9 Å². The lowest BCUT2D eigenvalue weighted by molar-refractivity contribution is 0.0619. The van der Waals surface area contributed by atoms with Crippen molar-refractivity contribution in [3.8, 4) is 0 Å². The van der Waals surface area contributed by atoms with E-state index in [1.807, 2.05) is 0 Å². The molecule has 1 saturated heterocycles. The molecule has 118 valence electrons. The highest BCUT2D eigenvalue weighted by Gasteiger charge is 2.41. The summed E-state index contributed by atoms with van der Waals surface area (Å²) < 4.78 is 24.3. The van der Waals surface area contributed by atoms with Crippen LogP contribution in [-0.2, 0) is 15.9 Å². The number of hydrogen-bond acceptors (Lipinski definition) is 3. The summed E-state index contributed by atoms with van der Waals surface area (Å²) in [6.45, 7) is 5.09. The normalized spacial score (nSPS) is 25.4. The van der Waals surface area contributed by atoms with Crippen molar-refractivity contribution in [3.05, 3.63) is 34.6 Å². The molecule has 3 nitrogen and oxygen atoms in total. The Balaban J connectivity index is 2.11. The Labute approximate surface area is 130 Å². The summed E-state index contributed by atoms with van der Waals surface area (Å²) in [5.74, 6) is -0.247. The van der Waals surface area contributed by atoms with E-state index in [4.69, 9.17) is 21.1 Å². The average molecular weight is 316 g/mol. The zero-order valence-corrected chi connectivity index (χ0v) is 13.4. The van der Waals surface area contributed by atoms with Gasteiger partial charge in [0.05, 0.1) is 12.7 Å². The van der Waals surface area contributed by atoms with Gasteiger partial charge in [-0.25, -0.2) is 4.39 Å². The monoisotopic (exact) mass is 315 g/mol. The van der Waals surface area contributed by atoms with Crippen LogP contribution in [0.2, 0.25) is 5.02 Å². The molecule has 2 unspecified atom stereocenters. The van der Waals surface area contributed by atoms with Gasteiger partial charge in [0, 0.05) is 37.2 Å². The van der Waals surface area contributed by atoms with Gasteiger partial charge < -0.3 is 14.8 Å². The molecule has 1 N–H and O–H groups in total. The fourth-order valence-electron chi connectivity index (χ4n) is 2.92. The molecule has 1 aliphatic rings. The van der Waals surface area contributed by atoms with Crippen molar-refractivity contribution >= 4 is 11.6 Å². The van der Waals surface area contributed by atoms with Gasteiger partial charge in [0.1, 0.15) is 5.82 Å². The number of hydrogen-bond donors (Lipinski definition) is 1. The van der Waals surface area contributed by atoms with Gasteiger partial charge in [-0.05, 0) is 43.5 Å². The molecular weight excluding hydrogens is 293 g/mol. The van der Waals surface area contributed by atoms with Crippen LogP contribution in [0.15, 0.2) is 18.2 Å². The van der Waals surface area contributed by atoms with Crippen molar-refractivity contribution in [1.82, 2.24) is 5.32 Å². The van der Waals surface area contributed by atoms with Gasteiger partial charge in [-0.3, -0.25) is 0 Å². The van der Waals surface area contributed by atoms with E-state index in [2.05, 4.69) is 12.2 Å². The first-order valence-corrected chi connectivity index (χ1v) is 7.70. The molecule has 0 spiro atoms. The third kappa shape index (κ3) is 4.16. The zero-order valence-electron chi connectivity index (χ0n) is 12.6. The van der Waals surface area contributed by atoms with Gasteiger partial charge in [0.25, 0.3) is 0 Å². The summed E-state index contributed by atoms with van der Waals surface area (Å²) in [5, 5.41) is 4.03. The van der Waals surface area contributed by atoms with Crippen molar-refractivity contribution < 1.29 is 13.9 Å². The van der Waals surface area contributed by atoms with Crippen LogP contribution < -0.4 is 5.32 Å². The van der Waals surface area contributed by atoms with Crippen molar-refractivity contribution in [3.63, 3.8) is 0 Å². The molecule has 0 aromatic heterocycles. The lowest BCUT2D eigenvalue weighted by Crippen LogP contribution is -2.42. The number of rotatable bonds is 7. The van der Waals surface area contributed by atoms with Gasteiger partial charge in [0.15, 0.2) is 0 Å². The largest absolute Gasteiger partial charge is 0.383 e. The lowest BCUT2D eigenvalue weighted by atomic mass is 9.76. The highest BCUT2D eigenvalue weighted by molar-refractivity contribution is 6.31. The van der Waals surface area contributed by atoms with E-state index in [0.717, 1.165) is 31.7 Å². The van der Waals surface area contributed by atoms with Crippen LogP contribution in [-0.4, -0.2) is 39.5 Å². The Kier molecular flexibility index (Phi) is 5.99. The van der Waals surface area contributed by atoms with Crippen LogP contribution in [0, 0.1) is 11.2 Å². The summed E-state index contributed by atoms with van der Waals surface area (Å²) in [4.78, 5) is 0. The minimum absolute atomic E-state index is 0.0504. The fraction of sp³-hybridized carbons (Fsp3) is 0.625. The number of methoxy groups -OCH3 is 1. The summed E-state index contributed by atoms with van der Waals surface area (Å²) in [7, 11) is 1.69. The van der Waals surface area contributed by atoms with E-state index in [0.29, 0.717) is 18.1 Å².